The number of aliphatic hydroxyl groups excluding tert-OH is 3. The lowest BCUT2D eigenvalue weighted by Gasteiger charge is -2.38. The number of hydrogen-bond donors (Lipinski definition) is 6. The highest BCUT2D eigenvalue weighted by atomic mass is 16.7. The van der Waals surface area contributed by atoms with Crippen LogP contribution in [0.4, 0.5) is 0 Å². The second kappa shape index (κ2) is 10.4. The van der Waals surface area contributed by atoms with E-state index in [0.29, 0.717) is 0 Å². The maximum absolute atomic E-state index is 11.4. The van der Waals surface area contributed by atoms with Crippen molar-refractivity contribution in [3.8, 4) is 11.5 Å². The van der Waals surface area contributed by atoms with Crippen LogP contribution in [-0.2, 0) is 9.53 Å². The second-order valence-electron chi connectivity index (χ2n) is 7.44. The highest BCUT2D eigenvalue weighted by Crippen LogP contribution is 2.35. The zero-order valence-corrected chi connectivity index (χ0v) is 17.3. The van der Waals surface area contributed by atoms with Crippen molar-refractivity contribution in [2.45, 2.75) is 56.7 Å². The van der Waals surface area contributed by atoms with E-state index in [0.717, 1.165) is 0 Å². The van der Waals surface area contributed by atoms with Crippen LogP contribution >= 0.6 is 0 Å². The van der Waals surface area contributed by atoms with Crippen molar-refractivity contribution < 1.29 is 51.4 Å². The third-order valence-corrected chi connectivity index (χ3v) is 4.64. The zero-order valence-electron chi connectivity index (χ0n) is 22.3. The van der Waals surface area contributed by atoms with Gasteiger partial charge in [0.05, 0.1) is 4.11 Å². The number of ether oxygens (including phenoxy) is 3. The molecule has 2 aromatic carbocycles. The lowest BCUT2D eigenvalue weighted by Crippen LogP contribution is -2.61. The van der Waals surface area contributed by atoms with Crippen LogP contribution in [0.15, 0.2) is 36.4 Å². The lowest BCUT2D eigenvalue weighted by atomic mass is 9.99. The Kier molecular flexibility index (Phi) is 5.87. The van der Waals surface area contributed by atoms with Gasteiger partial charge in [-0.1, -0.05) is 38.1 Å². The molecular formula is C22H29NO9. The summed E-state index contributed by atoms with van der Waals surface area (Å²) in [6.45, 7) is -3.06. The molecule has 0 aliphatic carbocycles. The fourth-order valence-corrected chi connectivity index (χ4v) is 3.05. The van der Waals surface area contributed by atoms with E-state index in [1.807, 2.05) is 0 Å². The monoisotopic (exact) mass is 456 g/mol. The summed E-state index contributed by atoms with van der Waals surface area (Å²) in [5, 5.41) is 52.7. The Morgan fingerprint density at radius 3 is 2.38 bits per heavy atom. The summed E-state index contributed by atoms with van der Waals surface area (Å²) in [5.74, 6) is -1.78. The molecule has 1 aliphatic heterocycles. The van der Waals surface area contributed by atoms with Crippen LogP contribution in [0.2, 0.25) is 0 Å². The Morgan fingerprint density at radius 1 is 1.12 bits per heavy atom. The van der Waals surface area contributed by atoms with Crippen LogP contribution in [-0.4, -0.2) is 87.4 Å². The molecule has 6 N–H and O–H groups in total. The summed E-state index contributed by atoms with van der Waals surface area (Å²) in [5.41, 5.74) is 0. The third-order valence-electron chi connectivity index (χ3n) is 4.64. The van der Waals surface area contributed by atoms with Crippen molar-refractivity contribution in [2.24, 2.45) is 0 Å². The Morgan fingerprint density at radius 2 is 1.75 bits per heavy atom. The molecule has 1 saturated heterocycles. The fourth-order valence-electron chi connectivity index (χ4n) is 3.05. The second-order valence-corrected chi connectivity index (χ2v) is 7.44. The van der Waals surface area contributed by atoms with Crippen LogP contribution < -0.4 is 14.8 Å². The van der Waals surface area contributed by atoms with Gasteiger partial charge in [-0.25, -0.2) is 4.79 Å². The van der Waals surface area contributed by atoms with E-state index in [-0.39, 0.29) is 22.3 Å². The van der Waals surface area contributed by atoms with Gasteiger partial charge < -0.3 is 45.1 Å². The number of nitrogens with one attached hydrogen (secondary N) is 1. The molecule has 0 amide bonds. The van der Waals surface area contributed by atoms with E-state index in [4.69, 9.17) is 21.1 Å². The van der Waals surface area contributed by atoms with Gasteiger partial charge in [-0.15, -0.1) is 0 Å². The van der Waals surface area contributed by atoms with Gasteiger partial charge in [-0.2, -0.15) is 0 Å². The Bertz CT molecular complexity index is 1130. The number of hydrogen-bond acceptors (Lipinski definition) is 9. The van der Waals surface area contributed by atoms with Crippen molar-refractivity contribution in [1.82, 2.24) is 5.32 Å². The van der Waals surface area contributed by atoms with E-state index in [1.165, 1.54) is 24.3 Å². The minimum Gasteiger partial charge on any atom is -0.490 e. The number of aliphatic carboxylic acids is 1. The molecule has 6 atom stereocenters. The highest BCUT2D eigenvalue weighted by molar-refractivity contribution is 5.93. The van der Waals surface area contributed by atoms with Crippen molar-refractivity contribution in [1.29, 1.82) is 0 Å². The third kappa shape index (κ3) is 5.47. The number of aliphatic hydroxyl groups is 4. The number of benzene rings is 2. The van der Waals surface area contributed by atoms with Crippen molar-refractivity contribution in [3.05, 3.63) is 36.4 Å². The van der Waals surface area contributed by atoms with Crippen molar-refractivity contribution in [3.63, 3.8) is 0 Å². The Hall–Kier alpha value is -2.47. The molecular weight excluding hydrogens is 422 g/mol. The summed E-state index contributed by atoms with van der Waals surface area (Å²) in [6.07, 6.45) is -12.6. The summed E-state index contributed by atoms with van der Waals surface area (Å²) >= 11 is 0. The normalized spacial score (nSPS) is 31.0. The molecule has 3 rings (SSSR count). The summed E-state index contributed by atoms with van der Waals surface area (Å²) < 4.78 is 56.4. The number of carboxylic acids is 1. The molecule has 0 bridgehead atoms. The zero-order chi connectivity index (χ0) is 27.9. The first kappa shape index (κ1) is 18.0. The van der Waals surface area contributed by atoms with Gasteiger partial charge in [0.1, 0.15) is 42.4 Å². The average molecular weight is 457 g/mol. The first-order valence-electron chi connectivity index (χ1n) is 12.3. The molecule has 10 heteroatoms. The molecule has 1 aliphatic rings. The molecule has 1 fully saturated rings. The van der Waals surface area contributed by atoms with Crippen LogP contribution in [0.25, 0.3) is 10.8 Å². The van der Waals surface area contributed by atoms with Crippen molar-refractivity contribution in [2.75, 3.05) is 13.1 Å². The van der Waals surface area contributed by atoms with Crippen LogP contribution in [0.3, 0.4) is 0 Å². The summed E-state index contributed by atoms with van der Waals surface area (Å²) in [6, 6.07) is 8.05. The molecule has 0 spiro atoms. The number of fused-ring (bicyclic) bond motifs is 1. The predicted octanol–water partition coefficient (Wildman–Crippen LogP) is -0.151. The molecule has 0 saturated carbocycles. The quantitative estimate of drug-likeness (QED) is 0.300. The molecule has 1 unspecified atom stereocenters. The van der Waals surface area contributed by atoms with Gasteiger partial charge >= 0.3 is 5.97 Å². The molecule has 0 radical (unpaired) electrons. The van der Waals surface area contributed by atoms with Gasteiger partial charge in [-0.05, 0) is 12.1 Å². The van der Waals surface area contributed by atoms with E-state index in [1.54, 1.807) is 26.0 Å². The first-order valence-corrected chi connectivity index (χ1v) is 9.80. The molecule has 2 aromatic rings. The summed E-state index contributed by atoms with van der Waals surface area (Å²) in [4.78, 5) is 11.4. The lowest BCUT2D eigenvalue weighted by molar-refractivity contribution is -0.270. The van der Waals surface area contributed by atoms with Gasteiger partial charge in [0, 0.05) is 26.1 Å². The highest BCUT2D eigenvalue weighted by Gasteiger charge is 2.48. The molecule has 0 aromatic heterocycles. The van der Waals surface area contributed by atoms with Crippen LogP contribution in [0.5, 0.6) is 11.5 Å². The molecule has 176 valence electrons. The predicted molar refractivity (Wildman–Crippen MR) is 114 cm³/mol. The fraction of sp³-hybridized carbons (Fsp3) is 0.500. The topological polar surface area (TPSA) is 158 Å². The maximum atomic E-state index is 11.4. The Labute approximate surface area is 192 Å². The number of carbonyl (C=O) groups is 1. The largest absolute Gasteiger partial charge is 0.490 e. The van der Waals surface area contributed by atoms with Gasteiger partial charge in [0.2, 0.25) is 6.29 Å². The van der Waals surface area contributed by atoms with E-state index < -0.39 is 61.9 Å². The Balaban J connectivity index is 1.95. The molecule has 10 nitrogen and oxygen atoms in total. The van der Waals surface area contributed by atoms with E-state index in [2.05, 4.69) is 5.32 Å². The minimum absolute atomic E-state index is 0.00164. The SMILES string of the molecule is [2H]C([2H])(NC(C)C)C([2H])(O)C([2H])([2H])Oc1ccc(O[C@@H]2O[C@H](C(=O)O)[C@@H](O)[C@H](O)[C@H]2O)c2ccccc12. The average Bonchev–Trinajstić information content (AvgIpc) is 2.79. The first-order chi connectivity index (χ1) is 17.0. The summed E-state index contributed by atoms with van der Waals surface area (Å²) in [7, 11) is 0. The van der Waals surface area contributed by atoms with E-state index >= 15 is 0 Å². The van der Waals surface area contributed by atoms with Crippen LogP contribution in [0, 0.1) is 0 Å². The standard InChI is InChI=1S/C22H29NO9/c1-11(2)23-9-12(24)10-30-15-7-8-16(14-6-4-3-5-13(14)15)31-22-19(27)17(25)18(26)20(32-22)21(28)29/h3-8,11-12,17-20,22-27H,9-10H2,1-2H3,(H,28,29)/t12?,17-,18-,19+,20-,22+/m0/s1/i9D2,10D2,12D. The molecule has 32 heavy (non-hydrogen) atoms. The number of rotatable bonds is 9. The maximum Gasteiger partial charge on any atom is 0.335 e. The number of carboxylic acid groups (broad SMARTS) is 1. The van der Waals surface area contributed by atoms with Gasteiger partial charge in [-0.3, -0.25) is 0 Å². The molecule has 1 heterocycles. The minimum atomic E-state index is -3.40. The van der Waals surface area contributed by atoms with E-state index in [9.17, 15) is 30.3 Å². The van der Waals surface area contributed by atoms with Gasteiger partial charge in [0.25, 0.3) is 0 Å². The van der Waals surface area contributed by atoms with Gasteiger partial charge in [0.15, 0.2) is 6.10 Å². The van der Waals surface area contributed by atoms with Crippen molar-refractivity contribution >= 4 is 16.7 Å². The smallest absolute Gasteiger partial charge is 0.335 e. The van der Waals surface area contributed by atoms with Crippen LogP contribution in [0.1, 0.15) is 20.7 Å².